The minimum absolute atomic E-state index is 0.0959. The van der Waals surface area contributed by atoms with Crippen molar-refractivity contribution in [3.8, 4) is 5.75 Å². The van der Waals surface area contributed by atoms with Gasteiger partial charge in [0.25, 0.3) is 0 Å². The second kappa shape index (κ2) is 9.99. The zero-order valence-corrected chi connectivity index (χ0v) is 17.6. The maximum atomic E-state index is 13.0. The van der Waals surface area contributed by atoms with Crippen molar-refractivity contribution in [1.82, 2.24) is 30.0 Å². The van der Waals surface area contributed by atoms with Crippen LogP contribution < -0.4 is 4.74 Å². The summed E-state index contributed by atoms with van der Waals surface area (Å²) in [6.07, 6.45) is 3.20. The number of aryl methyl sites for hydroxylation is 1. The quantitative estimate of drug-likeness (QED) is 0.649. The summed E-state index contributed by atoms with van der Waals surface area (Å²) in [5.74, 6) is 1.88. The number of aromatic nitrogens is 4. The number of tetrazole rings is 1. The third-order valence-corrected chi connectivity index (χ3v) is 5.91. The van der Waals surface area contributed by atoms with Crippen LogP contribution in [-0.4, -0.2) is 75.9 Å². The zero-order valence-electron chi connectivity index (χ0n) is 17.6. The molecule has 3 heterocycles. The molecule has 9 nitrogen and oxygen atoms in total. The van der Waals surface area contributed by atoms with E-state index in [0.29, 0.717) is 19.5 Å². The van der Waals surface area contributed by atoms with Crippen LogP contribution in [0.3, 0.4) is 0 Å². The lowest BCUT2D eigenvalue weighted by molar-refractivity contribution is -0.132. The van der Waals surface area contributed by atoms with E-state index in [4.69, 9.17) is 9.47 Å². The molecular formula is C21H30N6O3. The van der Waals surface area contributed by atoms with E-state index in [9.17, 15) is 4.79 Å². The number of para-hydroxylation sites is 1. The number of morpholine rings is 1. The Morgan fingerprint density at radius 3 is 2.90 bits per heavy atom. The molecule has 0 spiro atoms. The van der Waals surface area contributed by atoms with E-state index in [1.807, 2.05) is 27.8 Å². The van der Waals surface area contributed by atoms with Crippen molar-refractivity contribution in [3.63, 3.8) is 0 Å². The average molecular weight is 415 g/mol. The summed E-state index contributed by atoms with van der Waals surface area (Å²) in [6.45, 7) is 5.44. The number of hydrogen-bond acceptors (Lipinski definition) is 7. The molecule has 1 aromatic carbocycles. The van der Waals surface area contributed by atoms with Gasteiger partial charge in [0.1, 0.15) is 5.75 Å². The van der Waals surface area contributed by atoms with Gasteiger partial charge in [-0.25, -0.2) is 4.68 Å². The molecule has 1 atom stereocenters. The normalized spacial score (nSPS) is 19.9. The predicted octanol–water partition coefficient (Wildman–Crippen LogP) is 1.66. The molecule has 162 valence electrons. The van der Waals surface area contributed by atoms with Crippen LogP contribution in [0.4, 0.5) is 0 Å². The van der Waals surface area contributed by atoms with Gasteiger partial charge >= 0.3 is 0 Å². The van der Waals surface area contributed by atoms with Gasteiger partial charge in [-0.15, -0.1) is 5.10 Å². The first-order chi connectivity index (χ1) is 14.8. The molecular weight excluding hydrogens is 384 g/mol. The third-order valence-electron chi connectivity index (χ3n) is 5.91. The SMILES string of the molecule is COc1ccccc1C1CCCN1C(=O)CCCn1nnnc1CN1CCOCC1. The van der Waals surface area contributed by atoms with Gasteiger partial charge in [-0.3, -0.25) is 9.69 Å². The fraction of sp³-hybridized carbons (Fsp3) is 0.619. The van der Waals surface area contributed by atoms with Crippen molar-refractivity contribution >= 4 is 5.91 Å². The van der Waals surface area contributed by atoms with Crippen molar-refractivity contribution in [2.45, 2.75) is 44.8 Å². The Morgan fingerprint density at radius 2 is 2.07 bits per heavy atom. The Kier molecular flexibility index (Phi) is 6.91. The summed E-state index contributed by atoms with van der Waals surface area (Å²) < 4.78 is 12.7. The van der Waals surface area contributed by atoms with E-state index in [-0.39, 0.29) is 11.9 Å². The maximum absolute atomic E-state index is 13.0. The predicted molar refractivity (Wildman–Crippen MR) is 110 cm³/mol. The fourth-order valence-corrected chi connectivity index (χ4v) is 4.32. The second-order valence-electron chi connectivity index (χ2n) is 7.80. The van der Waals surface area contributed by atoms with E-state index < -0.39 is 0 Å². The van der Waals surface area contributed by atoms with Gasteiger partial charge < -0.3 is 14.4 Å². The van der Waals surface area contributed by atoms with Gasteiger partial charge in [0, 0.05) is 38.2 Å². The van der Waals surface area contributed by atoms with Crippen molar-refractivity contribution in [2.75, 3.05) is 40.0 Å². The molecule has 2 fully saturated rings. The number of methoxy groups -OCH3 is 1. The van der Waals surface area contributed by atoms with Crippen LogP contribution in [0.2, 0.25) is 0 Å². The Balaban J connectivity index is 1.31. The van der Waals surface area contributed by atoms with Crippen LogP contribution in [0.5, 0.6) is 5.75 Å². The van der Waals surface area contributed by atoms with Crippen LogP contribution in [-0.2, 0) is 22.6 Å². The number of hydrogen-bond donors (Lipinski definition) is 0. The lowest BCUT2D eigenvalue weighted by Crippen LogP contribution is -2.36. The molecule has 1 aromatic heterocycles. The van der Waals surface area contributed by atoms with Crippen molar-refractivity contribution in [2.24, 2.45) is 0 Å². The summed E-state index contributed by atoms with van der Waals surface area (Å²) >= 11 is 0. The number of likely N-dealkylation sites (tertiary alicyclic amines) is 1. The first-order valence-electron chi connectivity index (χ1n) is 10.7. The van der Waals surface area contributed by atoms with E-state index in [0.717, 1.165) is 69.2 Å². The molecule has 0 aliphatic carbocycles. The van der Waals surface area contributed by atoms with Crippen LogP contribution in [0.1, 0.15) is 43.1 Å². The topological polar surface area (TPSA) is 85.6 Å². The zero-order chi connectivity index (χ0) is 20.8. The monoisotopic (exact) mass is 414 g/mol. The van der Waals surface area contributed by atoms with Crippen LogP contribution in [0, 0.1) is 0 Å². The molecule has 1 amide bonds. The molecule has 0 radical (unpaired) electrons. The standard InChI is InChI=1S/C21H30N6O3/c1-29-19-8-3-2-6-17(19)18-7-4-10-26(18)21(28)9-5-11-27-20(22-23-24-27)16-25-12-14-30-15-13-25/h2-3,6,8,18H,4-5,7,9-16H2,1H3. The van der Waals surface area contributed by atoms with Gasteiger partial charge in [-0.1, -0.05) is 18.2 Å². The van der Waals surface area contributed by atoms with Gasteiger partial charge in [-0.2, -0.15) is 0 Å². The molecule has 2 aromatic rings. The average Bonchev–Trinajstić information content (AvgIpc) is 3.44. The number of nitrogens with zero attached hydrogens (tertiary/aromatic N) is 6. The van der Waals surface area contributed by atoms with Crippen molar-refractivity contribution in [3.05, 3.63) is 35.7 Å². The Bertz CT molecular complexity index is 836. The summed E-state index contributed by atoms with van der Waals surface area (Å²) in [5.41, 5.74) is 1.10. The molecule has 0 N–H and O–H groups in total. The largest absolute Gasteiger partial charge is 0.496 e. The lowest BCUT2D eigenvalue weighted by Gasteiger charge is -2.26. The molecule has 0 bridgehead atoms. The van der Waals surface area contributed by atoms with Crippen LogP contribution in [0.15, 0.2) is 24.3 Å². The molecule has 30 heavy (non-hydrogen) atoms. The summed E-state index contributed by atoms with van der Waals surface area (Å²) in [6, 6.07) is 8.09. The lowest BCUT2D eigenvalue weighted by atomic mass is 10.0. The minimum atomic E-state index is 0.0959. The van der Waals surface area contributed by atoms with Gasteiger partial charge in [0.15, 0.2) is 5.82 Å². The number of rotatable bonds is 8. The number of benzene rings is 1. The fourth-order valence-electron chi connectivity index (χ4n) is 4.32. The molecule has 2 aliphatic heterocycles. The van der Waals surface area contributed by atoms with Gasteiger partial charge in [0.2, 0.25) is 5.91 Å². The minimum Gasteiger partial charge on any atom is -0.496 e. The number of carbonyl (C=O) groups is 1. The Labute approximate surface area is 176 Å². The number of amides is 1. The van der Waals surface area contributed by atoms with Crippen LogP contribution in [0.25, 0.3) is 0 Å². The molecule has 9 heteroatoms. The van der Waals surface area contributed by atoms with E-state index in [1.54, 1.807) is 7.11 Å². The van der Waals surface area contributed by atoms with E-state index in [2.05, 4.69) is 26.5 Å². The second-order valence-corrected chi connectivity index (χ2v) is 7.80. The third kappa shape index (κ3) is 4.79. The van der Waals surface area contributed by atoms with E-state index >= 15 is 0 Å². The number of ether oxygens (including phenoxy) is 2. The highest BCUT2D eigenvalue weighted by Gasteiger charge is 2.31. The first kappa shape index (κ1) is 20.7. The molecule has 1 unspecified atom stereocenters. The Hall–Kier alpha value is -2.52. The highest BCUT2D eigenvalue weighted by Crippen LogP contribution is 2.37. The van der Waals surface area contributed by atoms with E-state index in [1.165, 1.54) is 0 Å². The molecule has 2 aliphatic rings. The molecule has 2 saturated heterocycles. The van der Waals surface area contributed by atoms with Gasteiger partial charge in [-0.05, 0) is 35.8 Å². The summed E-state index contributed by atoms with van der Waals surface area (Å²) in [7, 11) is 1.68. The molecule has 0 saturated carbocycles. The summed E-state index contributed by atoms with van der Waals surface area (Å²) in [4.78, 5) is 17.3. The van der Waals surface area contributed by atoms with Gasteiger partial charge in [0.05, 0.1) is 32.9 Å². The summed E-state index contributed by atoms with van der Waals surface area (Å²) in [5, 5.41) is 12.1. The van der Waals surface area contributed by atoms with Crippen molar-refractivity contribution in [1.29, 1.82) is 0 Å². The highest BCUT2D eigenvalue weighted by atomic mass is 16.5. The highest BCUT2D eigenvalue weighted by molar-refractivity contribution is 5.77. The Morgan fingerprint density at radius 1 is 1.23 bits per heavy atom. The van der Waals surface area contributed by atoms with Crippen molar-refractivity contribution < 1.29 is 14.3 Å². The maximum Gasteiger partial charge on any atom is 0.223 e. The number of carbonyl (C=O) groups excluding carboxylic acids is 1. The smallest absolute Gasteiger partial charge is 0.223 e. The first-order valence-corrected chi connectivity index (χ1v) is 10.7. The molecule has 4 rings (SSSR count). The van der Waals surface area contributed by atoms with Crippen LogP contribution >= 0.6 is 0 Å².